The third-order valence-corrected chi connectivity index (χ3v) is 5.07. The van der Waals surface area contributed by atoms with Gasteiger partial charge in [-0.25, -0.2) is 4.98 Å². The molecule has 29 heavy (non-hydrogen) atoms. The molecule has 8 heteroatoms. The van der Waals surface area contributed by atoms with Gasteiger partial charge in [0.25, 0.3) is 0 Å². The van der Waals surface area contributed by atoms with Crippen LogP contribution in [-0.2, 0) is 22.6 Å². The van der Waals surface area contributed by atoms with E-state index in [1.807, 2.05) is 36.6 Å². The maximum atomic E-state index is 12.3. The highest BCUT2D eigenvalue weighted by Gasteiger charge is 2.11. The van der Waals surface area contributed by atoms with Crippen LogP contribution in [-0.4, -0.2) is 16.8 Å². The number of aryl methyl sites for hydroxylation is 1. The predicted molar refractivity (Wildman–Crippen MR) is 116 cm³/mol. The Balaban J connectivity index is 1.53. The van der Waals surface area contributed by atoms with E-state index in [1.54, 1.807) is 18.2 Å². The molecule has 2 amide bonds. The first-order valence-corrected chi connectivity index (χ1v) is 10.1. The third kappa shape index (κ3) is 6.30. The van der Waals surface area contributed by atoms with Crippen LogP contribution in [0.3, 0.4) is 0 Å². The minimum absolute atomic E-state index is 0.130. The molecule has 0 saturated carbocycles. The SMILES string of the molecule is CC(=O)Nc1ccc(NC(=O)Cc2csc(COc3ccc(C)cc3)n2)c(Cl)c1. The van der Waals surface area contributed by atoms with Crippen molar-refractivity contribution in [3.05, 3.63) is 69.1 Å². The molecule has 0 spiro atoms. The van der Waals surface area contributed by atoms with E-state index < -0.39 is 0 Å². The van der Waals surface area contributed by atoms with Crippen LogP contribution in [0, 0.1) is 6.92 Å². The maximum absolute atomic E-state index is 12.3. The Kier molecular flexibility index (Phi) is 6.85. The van der Waals surface area contributed by atoms with Gasteiger partial charge in [-0.1, -0.05) is 29.3 Å². The smallest absolute Gasteiger partial charge is 0.230 e. The van der Waals surface area contributed by atoms with Crippen molar-refractivity contribution in [2.24, 2.45) is 0 Å². The molecule has 0 aliphatic carbocycles. The highest BCUT2D eigenvalue weighted by atomic mass is 35.5. The van der Waals surface area contributed by atoms with Crippen LogP contribution in [0.1, 0.15) is 23.2 Å². The van der Waals surface area contributed by atoms with Gasteiger partial charge in [0, 0.05) is 18.0 Å². The summed E-state index contributed by atoms with van der Waals surface area (Å²) < 4.78 is 5.72. The molecule has 0 saturated heterocycles. The first-order valence-electron chi connectivity index (χ1n) is 8.89. The van der Waals surface area contributed by atoms with Crippen molar-refractivity contribution in [3.63, 3.8) is 0 Å². The van der Waals surface area contributed by atoms with E-state index in [-0.39, 0.29) is 18.2 Å². The lowest BCUT2D eigenvalue weighted by Crippen LogP contribution is -2.15. The lowest BCUT2D eigenvalue weighted by Gasteiger charge is -2.09. The first-order chi connectivity index (χ1) is 13.9. The Bertz CT molecular complexity index is 1020. The van der Waals surface area contributed by atoms with E-state index >= 15 is 0 Å². The summed E-state index contributed by atoms with van der Waals surface area (Å²) in [4.78, 5) is 27.9. The second-order valence-electron chi connectivity index (χ2n) is 6.44. The predicted octanol–water partition coefficient (Wildman–Crippen LogP) is 4.82. The van der Waals surface area contributed by atoms with Crippen LogP contribution in [0.4, 0.5) is 11.4 Å². The number of halogens is 1. The summed E-state index contributed by atoms with van der Waals surface area (Å²) in [5, 5.41) is 8.38. The largest absolute Gasteiger partial charge is 0.486 e. The van der Waals surface area contributed by atoms with E-state index in [0.29, 0.717) is 28.7 Å². The minimum Gasteiger partial charge on any atom is -0.486 e. The summed E-state index contributed by atoms with van der Waals surface area (Å²) in [7, 11) is 0. The average Bonchev–Trinajstić information content (AvgIpc) is 3.10. The second kappa shape index (κ2) is 9.54. The number of rotatable bonds is 7. The number of carbonyl (C=O) groups excluding carboxylic acids is 2. The minimum atomic E-state index is -0.226. The number of amides is 2. The number of benzene rings is 2. The van der Waals surface area contributed by atoms with Crippen LogP contribution in [0.2, 0.25) is 5.02 Å². The average molecular weight is 430 g/mol. The molecule has 1 heterocycles. The van der Waals surface area contributed by atoms with Gasteiger partial charge in [0.05, 0.1) is 22.8 Å². The second-order valence-corrected chi connectivity index (χ2v) is 7.78. The summed E-state index contributed by atoms with van der Waals surface area (Å²) >= 11 is 7.63. The fraction of sp³-hybridized carbons (Fsp3) is 0.190. The van der Waals surface area contributed by atoms with Crippen LogP contribution >= 0.6 is 22.9 Å². The van der Waals surface area contributed by atoms with E-state index in [4.69, 9.17) is 16.3 Å². The van der Waals surface area contributed by atoms with Crippen molar-refractivity contribution >= 4 is 46.1 Å². The Labute approximate surface area is 177 Å². The fourth-order valence-electron chi connectivity index (χ4n) is 2.53. The molecule has 1 aromatic heterocycles. The molecule has 0 aliphatic heterocycles. The molecule has 6 nitrogen and oxygen atoms in total. The van der Waals surface area contributed by atoms with Gasteiger partial charge in [-0.3, -0.25) is 9.59 Å². The summed E-state index contributed by atoms with van der Waals surface area (Å²) in [6, 6.07) is 12.7. The zero-order valence-electron chi connectivity index (χ0n) is 16.0. The Morgan fingerprint density at radius 2 is 1.90 bits per heavy atom. The maximum Gasteiger partial charge on any atom is 0.230 e. The zero-order valence-corrected chi connectivity index (χ0v) is 17.6. The van der Waals surface area contributed by atoms with Crippen molar-refractivity contribution in [1.29, 1.82) is 0 Å². The van der Waals surface area contributed by atoms with Gasteiger partial charge in [0.15, 0.2) is 0 Å². The lowest BCUT2D eigenvalue weighted by atomic mass is 10.2. The Morgan fingerprint density at radius 3 is 2.59 bits per heavy atom. The molecule has 3 aromatic rings. The molecule has 3 rings (SSSR count). The van der Waals surface area contributed by atoms with Crippen molar-refractivity contribution in [2.45, 2.75) is 26.9 Å². The number of aromatic nitrogens is 1. The summed E-state index contributed by atoms with van der Waals surface area (Å²) in [5.74, 6) is 0.362. The molecule has 0 fully saturated rings. The van der Waals surface area contributed by atoms with Gasteiger partial charge in [-0.05, 0) is 37.3 Å². The monoisotopic (exact) mass is 429 g/mol. The van der Waals surface area contributed by atoms with Gasteiger partial charge in [0.2, 0.25) is 11.8 Å². The van der Waals surface area contributed by atoms with Crippen LogP contribution < -0.4 is 15.4 Å². The first kappa shape index (κ1) is 20.8. The molecular formula is C21H20ClN3O3S. The number of anilines is 2. The van der Waals surface area contributed by atoms with Gasteiger partial charge in [-0.15, -0.1) is 11.3 Å². The molecule has 150 valence electrons. The quantitative estimate of drug-likeness (QED) is 0.564. The van der Waals surface area contributed by atoms with Crippen molar-refractivity contribution in [2.75, 3.05) is 10.6 Å². The van der Waals surface area contributed by atoms with Crippen molar-refractivity contribution in [3.8, 4) is 5.75 Å². The number of carbonyl (C=O) groups is 2. The number of nitrogens with one attached hydrogen (secondary N) is 2. The standard InChI is InChI=1S/C21H20ClN3O3S/c1-13-3-6-17(7-4-13)28-11-21-24-16(12-29-21)10-20(27)25-19-8-5-15(9-18(19)22)23-14(2)26/h3-9,12H,10-11H2,1-2H3,(H,23,26)(H,25,27). The number of nitrogens with zero attached hydrogens (tertiary/aromatic N) is 1. The third-order valence-electron chi connectivity index (χ3n) is 3.89. The molecule has 0 bridgehead atoms. The normalized spacial score (nSPS) is 10.4. The van der Waals surface area contributed by atoms with Gasteiger partial charge < -0.3 is 15.4 Å². The van der Waals surface area contributed by atoms with E-state index in [2.05, 4.69) is 15.6 Å². The molecule has 2 aromatic carbocycles. The van der Waals surface area contributed by atoms with Gasteiger partial charge in [0.1, 0.15) is 17.4 Å². The number of hydrogen-bond acceptors (Lipinski definition) is 5. The van der Waals surface area contributed by atoms with Crippen molar-refractivity contribution in [1.82, 2.24) is 4.98 Å². The van der Waals surface area contributed by atoms with Crippen molar-refractivity contribution < 1.29 is 14.3 Å². The zero-order chi connectivity index (χ0) is 20.8. The number of hydrogen-bond donors (Lipinski definition) is 2. The lowest BCUT2D eigenvalue weighted by molar-refractivity contribution is -0.116. The molecule has 0 aliphatic rings. The number of ether oxygens (including phenoxy) is 1. The molecule has 0 radical (unpaired) electrons. The van der Waals surface area contributed by atoms with Gasteiger partial charge in [-0.2, -0.15) is 0 Å². The highest BCUT2D eigenvalue weighted by Crippen LogP contribution is 2.26. The Hall–Kier alpha value is -2.90. The summed E-state index contributed by atoms with van der Waals surface area (Å²) in [5.41, 5.74) is 2.88. The van der Waals surface area contributed by atoms with E-state index in [9.17, 15) is 9.59 Å². The molecule has 2 N–H and O–H groups in total. The van der Waals surface area contributed by atoms with E-state index in [1.165, 1.54) is 23.8 Å². The number of thiazole rings is 1. The van der Waals surface area contributed by atoms with Crippen LogP contribution in [0.15, 0.2) is 47.8 Å². The summed E-state index contributed by atoms with van der Waals surface area (Å²) in [6.45, 7) is 3.79. The molecule has 0 unspecified atom stereocenters. The van der Waals surface area contributed by atoms with Gasteiger partial charge >= 0.3 is 0 Å². The Morgan fingerprint density at radius 1 is 1.14 bits per heavy atom. The van der Waals surface area contributed by atoms with Crippen LogP contribution in [0.5, 0.6) is 5.75 Å². The van der Waals surface area contributed by atoms with E-state index in [0.717, 1.165) is 10.8 Å². The van der Waals surface area contributed by atoms with Crippen LogP contribution in [0.25, 0.3) is 0 Å². The summed E-state index contributed by atoms with van der Waals surface area (Å²) in [6.07, 6.45) is 0.130. The topological polar surface area (TPSA) is 80.3 Å². The highest BCUT2D eigenvalue weighted by molar-refractivity contribution is 7.09. The fourth-order valence-corrected chi connectivity index (χ4v) is 3.47. The molecule has 0 atom stereocenters. The molecular weight excluding hydrogens is 410 g/mol.